The number of hydrogen-bond donors (Lipinski definition) is 1. The fourth-order valence-corrected chi connectivity index (χ4v) is 3.72. The van der Waals surface area contributed by atoms with Gasteiger partial charge in [-0.1, -0.05) is 72.8 Å². The average Bonchev–Trinajstić information content (AvgIpc) is 2.78. The van der Waals surface area contributed by atoms with Crippen LogP contribution in [0.3, 0.4) is 0 Å². The van der Waals surface area contributed by atoms with Crippen LogP contribution in [0.5, 0.6) is 11.5 Å². The Labute approximate surface area is 167 Å². The molecule has 144 valence electrons. The van der Waals surface area contributed by atoms with E-state index in [0.717, 1.165) is 48.6 Å². The van der Waals surface area contributed by atoms with Crippen LogP contribution in [-0.4, -0.2) is 13.1 Å². The lowest BCUT2D eigenvalue weighted by Gasteiger charge is -2.26. The van der Waals surface area contributed by atoms with E-state index in [9.17, 15) is 0 Å². The second kappa shape index (κ2) is 9.43. The topological polar surface area (TPSA) is 30.5 Å². The first-order valence-corrected chi connectivity index (χ1v) is 10.1. The molecule has 0 radical (unpaired) electrons. The van der Waals surface area contributed by atoms with E-state index in [2.05, 4.69) is 41.7 Å². The molecule has 0 spiro atoms. The van der Waals surface area contributed by atoms with Crippen LogP contribution in [-0.2, 0) is 13.2 Å². The Morgan fingerprint density at radius 2 is 1.29 bits per heavy atom. The highest BCUT2D eigenvalue weighted by molar-refractivity contribution is 5.49. The van der Waals surface area contributed by atoms with E-state index in [-0.39, 0.29) is 0 Å². The summed E-state index contributed by atoms with van der Waals surface area (Å²) in [6.07, 6.45) is 2.26. The van der Waals surface area contributed by atoms with Crippen molar-refractivity contribution in [3.8, 4) is 11.5 Å². The van der Waals surface area contributed by atoms with Crippen molar-refractivity contribution in [2.75, 3.05) is 13.1 Å². The Morgan fingerprint density at radius 1 is 0.679 bits per heavy atom. The van der Waals surface area contributed by atoms with E-state index in [4.69, 9.17) is 9.47 Å². The van der Waals surface area contributed by atoms with Crippen molar-refractivity contribution >= 4 is 0 Å². The van der Waals surface area contributed by atoms with Gasteiger partial charge in [0.15, 0.2) is 11.5 Å². The SMILES string of the molecule is c1ccc(COc2cccc(C3CCNCC3)c2OCc2ccccc2)cc1. The van der Waals surface area contributed by atoms with E-state index in [1.807, 2.05) is 42.5 Å². The predicted molar refractivity (Wildman–Crippen MR) is 113 cm³/mol. The molecule has 1 fully saturated rings. The van der Waals surface area contributed by atoms with Gasteiger partial charge in [-0.15, -0.1) is 0 Å². The minimum Gasteiger partial charge on any atom is -0.485 e. The quantitative estimate of drug-likeness (QED) is 0.609. The zero-order chi connectivity index (χ0) is 19.0. The molecule has 1 saturated heterocycles. The molecule has 3 aromatic rings. The summed E-state index contributed by atoms with van der Waals surface area (Å²) >= 11 is 0. The lowest BCUT2D eigenvalue weighted by molar-refractivity contribution is 0.251. The number of hydrogen-bond acceptors (Lipinski definition) is 3. The molecule has 0 amide bonds. The number of rotatable bonds is 7. The Hall–Kier alpha value is -2.78. The maximum Gasteiger partial charge on any atom is 0.165 e. The number of piperidine rings is 1. The number of nitrogens with one attached hydrogen (secondary N) is 1. The number of benzene rings is 3. The molecule has 4 rings (SSSR count). The molecule has 1 heterocycles. The molecule has 0 bridgehead atoms. The summed E-state index contributed by atoms with van der Waals surface area (Å²) in [5, 5.41) is 3.45. The molecule has 0 saturated carbocycles. The van der Waals surface area contributed by atoms with Crippen molar-refractivity contribution < 1.29 is 9.47 Å². The van der Waals surface area contributed by atoms with Gasteiger partial charge in [0.2, 0.25) is 0 Å². The molecular weight excluding hydrogens is 346 g/mol. The maximum absolute atomic E-state index is 6.35. The van der Waals surface area contributed by atoms with Crippen LogP contribution in [0.2, 0.25) is 0 Å². The number of ether oxygens (including phenoxy) is 2. The lowest BCUT2D eigenvalue weighted by atomic mass is 9.89. The third kappa shape index (κ3) is 4.73. The fourth-order valence-electron chi connectivity index (χ4n) is 3.72. The molecular formula is C25H27NO2. The van der Waals surface area contributed by atoms with Crippen LogP contribution in [0.25, 0.3) is 0 Å². The van der Waals surface area contributed by atoms with Gasteiger partial charge < -0.3 is 14.8 Å². The van der Waals surface area contributed by atoms with Gasteiger partial charge in [-0.05, 0) is 49.0 Å². The summed E-state index contributed by atoms with van der Waals surface area (Å²) < 4.78 is 12.6. The molecule has 0 unspecified atom stereocenters. The Bertz CT molecular complexity index is 858. The van der Waals surface area contributed by atoms with E-state index in [0.29, 0.717) is 19.1 Å². The van der Waals surface area contributed by atoms with Crippen LogP contribution < -0.4 is 14.8 Å². The number of para-hydroxylation sites is 1. The summed E-state index contributed by atoms with van der Waals surface area (Å²) in [6.45, 7) is 3.19. The molecule has 3 aromatic carbocycles. The maximum atomic E-state index is 6.35. The largest absolute Gasteiger partial charge is 0.485 e. The molecule has 3 nitrogen and oxygen atoms in total. The third-order valence-corrected chi connectivity index (χ3v) is 5.25. The second-order valence-corrected chi connectivity index (χ2v) is 7.25. The fraction of sp³-hybridized carbons (Fsp3) is 0.280. The van der Waals surface area contributed by atoms with Gasteiger partial charge in [0.25, 0.3) is 0 Å². The molecule has 3 heteroatoms. The highest BCUT2D eigenvalue weighted by Crippen LogP contribution is 2.40. The van der Waals surface area contributed by atoms with Gasteiger partial charge in [0.05, 0.1) is 0 Å². The van der Waals surface area contributed by atoms with Crippen molar-refractivity contribution in [1.29, 1.82) is 0 Å². The normalized spacial score (nSPS) is 14.6. The second-order valence-electron chi connectivity index (χ2n) is 7.25. The highest BCUT2D eigenvalue weighted by Gasteiger charge is 2.22. The smallest absolute Gasteiger partial charge is 0.165 e. The standard InChI is InChI=1S/C25H27NO2/c1-3-8-20(9-4-1)18-27-24-13-7-12-23(22-14-16-26-17-15-22)25(24)28-19-21-10-5-2-6-11-21/h1-13,22,26H,14-19H2. The van der Waals surface area contributed by atoms with E-state index in [1.54, 1.807) is 0 Å². The van der Waals surface area contributed by atoms with E-state index in [1.165, 1.54) is 5.56 Å². The first kappa shape index (κ1) is 18.6. The van der Waals surface area contributed by atoms with Crippen LogP contribution in [0.15, 0.2) is 78.9 Å². The van der Waals surface area contributed by atoms with Crippen molar-refractivity contribution in [3.63, 3.8) is 0 Å². The van der Waals surface area contributed by atoms with Crippen molar-refractivity contribution in [2.24, 2.45) is 0 Å². The Morgan fingerprint density at radius 3 is 1.93 bits per heavy atom. The van der Waals surface area contributed by atoms with Crippen LogP contribution >= 0.6 is 0 Å². The highest BCUT2D eigenvalue weighted by atomic mass is 16.5. The minimum atomic E-state index is 0.507. The average molecular weight is 373 g/mol. The van der Waals surface area contributed by atoms with E-state index >= 15 is 0 Å². The van der Waals surface area contributed by atoms with Gasteiger partial charge in [-0.3, -0.25) is 0 Å². The lowest BCUT2D eigenvalue weighted by Crippen LogP contribution is -2.26. The van der Waals surface area contributed by atoms with Crippen LogP contribution in [0.1, 0.15) is 35.4 Å². The van der Waals surface area contributed by atoms with Crippen molar-refractivity contribution in [3.05, 3.63) is 95.6 Å². The molecule has 1 N–H and O–H groups in total. The van der Waals surface area contributed by atoms with Gasteiger partial charge in [0.1, 0.15) is 13.2 Å². The molecule has 0 aliphatic carbocycles. The first-order chi connectivity index (χ1) is 13.9. The van der Waals surface area contributed by atoms with Crippen LogP contribution in [0.4, 0.5) is 0 Å². The Balaban J connectivity index is 1.58. The molecule has 1 aliphatic heterocycles. The minimum absolute atomic E-state index is 0.507. The van der Waals surface area contributed by atoms with Crippen LogP contribution in [0, 0.1) is 0 Å². The third-order valence-electron chi connectivity index (χ3n) is 5.25. The van der Waals surface area contributed by atoms with Gasteiger partial charge in [0, 0.05) is 5.56 Å². The zero-order valence-electron chi connectivity index (χ0n) is 16.1. The molecule has 0 atom stereocenters. The Kier molecular flexibility index (Phi) is 6.25. The predicted octanol–water partition coefficient (Wildman–Crippen LogP) is 5.31. The zero-order valence-corrected chi connectivity index (χ0v) is 16.1. The summed E-state index contributed by atoms with van der Waals surface area (Å²) in [6, 6.07) is 26.9. The summed E-state index contributed by atoms with van der Waals surface area (Å²) in [4.78, 5) is 0. The van der Waals surface area contributed by atoms with Crippen molar-refractivity contribution in [2.45, 2.75) is 32.0 Å². The summed E-state index contributed by atoms with van der Waals surface area (Å²) in [5.41, 5.74) is 3.59. The van der Waals surface area contributed by atoms with Crippen molar-refractivity contribution in [1.82, 2.24) is 5.32 Å². The van der Waals surface area contributed by atoms with E-state index < -0.39 is 0 Å². The summed E-state index contributed by atoms with van der Waals surface area (Å²) in [5.74, 6) is 2.23. The van der Waals surface area contributed by atoms with Gasteiger partial charge in [-0.25, -0.2) is 0 Å². The molecule has 0 aromatic heterocycles. The first-order valence-electron chi connectivity index (χ1n) is 10.1. The molecule has 1 aliphatic rings. The van der Waals surface area contributed by atoms with Gasteiger partial charge >= 0.3 is 0 Å². The summed E-state index contributed by atoms with van der Waals surface area (Å²) in [7, 11) is 0. The molecule has 28 heavy (non-hydrogen) atoms. The monoisotopic (exact) mass is 373 g/mol. The van der Waals surface area contributed by atoms with Gasteiger partial charge in [-0.2, -0.15) is 0 Å².